The molecule has 0 fully saturated rings. The van der Waals surface area contributed by atoms with E-state index in [0.29, 0.717) is 18.4 Å². The van der Waals surface area contributed by atoms with Gasteiger partial charge in [0.05, 0.1) is 39.0 Å². The van der Waals surface area contributed by atoms with E-state index in [0.717, 1.165) is 11.1 Å². The Bertz CT molecular complexity index is 988. The van der Waals surface area contributed by atoms with Crippen LogP contribution in [0.4, 0.5) is 0 Å². The number of carbonyl (C=O) groups excluding carboxylic acids is 1. The third-order valence-corrected chi connectivity index (χ3v) is 8.43. The van der Waals surface area contributed by atoms with Gasteiger partial charge in [-0.05, 0) is 32.3 Å². The van der Waals surface area contributed by atoms with Crippen LogP contribution in [0.15, 0.2) is 34.1 Å². The van der Waals surface area contributed by atoms with Crippen LogP contribution in [-0.4, -0.2) is 20.7 Å². The molecule has 0 amide bonds. The average molecular weight is 419 g/mol. The zero-order valence-corrected chi connectivity index (χ0v) is 19.2. The maximum atomic E-state index is 12.3. The second-order valence-corrected chi connectivity index (χ2v) is 14.0. The highest BCUT2D eigenvalue weighted by molar-refractivity contribution is 6.83. The van der Waals surface area contributed by atoms with E-state index in [1.54, 1.807) is 6.92 Å². The average Bonchev–Trinajstić information content (AvgIpc) is 2.89. The number of fused-ring (bicyclic) bond motifs is 1. The minimum absolute atomic E-state index is 0.0229. The molecule has 1 unspecified atom stereocenters. The first-order chi connectivity index (χ1) is 14.1. The molecule has 0 heterocycles. The van der Waals surface area contributed by atoms with Crippen LogP contribution in [-0.2, 0) is 9.53 Å². The van der Waals surface area contributed by atoms with Crippen molar-refractivity contribution in [1.29, 1.82) is 21.0 Å². The van der Waals surface area contributed by atoms with Crippen molar-refractivity contribution in [3.63, 3.8) is 0 Å². The van der Waals surface area contributed by atoms with Gasteiger partial charge in [-0.1, -0.05) is 42.1 Å². The lowest BCUT2D eigenvalue weighted by molar-refractivity contribution is -0.137. The standard InChI is InChI=1S/C23H26N4O2Si/c1-6-29-20(28)9-17-7-8-18(30(3,4)5)10-19-16(2)11-22(12-24,13-25)23(14-26,15-27)21(17)19/h9-10,21H,6-8,11H2,1-5H3/b17-9+. The highest BCUT2D eigenvalue weighted by Crippen LogP contribution is 2.59. The molecule has 2 aliphatic carbocycles. The lowest BCUT2D eigenvalue weighted by atomic mass is 9.51. The highest BCUT2D eigenvalue weighted by atomic mass is 28.3. The summed E-state index contributed by atoms with van der Waals surface area (Å²) < 4.78 is 5.09. The molecule has 0 saturated carbocycles. The minimum atomic E-state index is -1.92. The maximum Gasteiger partial charge on any atom is 0.330 e. The normalized spacial score (nSPS) is 23.6. The molecule has 7 heteroatoms. The van der Waals surface area contributed by atoms with Crippen LogP contribution >= 0.6 is 0 Å². The van der Waals surface area contributed by atoms with Crippen LogP contribution in [0, 0.1) is 62.1 Å². The Hall–Kier alpha value is -3.13. The van der Waals surface area contributed by atoms with Crippen LogP contribution in [0.2, 0.25) is 19.6 Å². The molecule has 0 spiro atoms. The third-order valence-electron chi connectivity index (χ3n) is 6.11. The molecule has 1 atom stereocenters. The molecule has 6 nitrogen and oxygen atoms in total. The number of ether oxygens (including phenoxy) is 1. The predicted molar refractivity (Wildman–Crippen MR) is 114 cm³/mol. The minimum Gasteiger partial charge on any atom is -0.463 e. The van der Waals surface area contributed by atoms with E-state index in [9.17, 15) is 25.8 Å². The molecular weight excluding hydrogens is 392 g/mol. The third kappa shape index (κ3) is 3.58. The van der Waals surface area contributed by atoms with Gasteiger partial charge in [-0.3, -0.25) is 0 Å². The summed E-state index contributed by atoms with van der Waals surface area (Å²) in [7, 11) is -1.71. The van der Waals surface area contributed by atoms with Crippen molar-refractivity contribution in [2.45, 2.75) is 52.8 Å². The van der Waals surface area contributed by atoms with Gasteiger partial charge in [-0.15, -0.1) is 0 Å². The fraction of sp³-hybridized carbons (Fsp3) is 0.522. The monoisotopic (exact) mass is 418 g/mol. The number of nitrogens with zero attached hydrogens (tertiary/aromatic N) is 4. The van der Waals surface area contributed by atoms with Crippen LogP contribution in [0.1, 0.15) is 33.1 Å². The summed E-state index contributed by atoms with van der Waals surface area (Å²) in [5.41, 5.74) is -1.58. The first-order valence-corrected chi connectivity index (χ1v) is 13.5. The number of nitriles is 4. The molecule has 30 heavy (non-hydrogen) atoms. The van der Waals surface area contributed by atoms with Crippen LogP contribution in [0.25, 0.3) is 0 Å². The lowest BCUT2D eigenvalue weighted by Crippen LogP contribution is -2.48. The van der Waals surface area contributed by atoms with Crippen LogP contribution in [0.3, 0.4) is 0 Å². The molecule has 0 bridgehead atoms. The van der Waals surface area contributed by atoms with Gasteiger partial charge in [0.1, 0.15) is 0 Å². The molecule has 0 aromatic carbocycles. The molecule has 2 rings (SSSR count). The summed E-state index contributed by atoms with van der Waals surface area (Å²) in [5, 5.41) is 41.5. The van der Waals surface area contributed by atoms with Crippen molar-refractivity contribution in [3.8, 4) is 24.3 Å². The molecule has 2 aliphatic rings. The molecule has 0 aromatic heterocycles. The molecule has 0 aromatic rings. The molecule has 0 radical (unpaired) electrons. The van der Waals surface area contributed by atoms with Crippen molar-refractivity contribution in [2.24, 2.45) is 16.7 Å². The molecule has 154 valence electrons. The summed E-state index contributed by atoms with van der Waals surface area (Å²) in [5.74, 6) is -1.38. The van der Waals surface area contributed by atoms with Crippen LogP contribution < -0.4 is 0 Å². The Morgan fingerprint density at radius 3 is 2.23 bits per heavy atom. The topological polar surface area (TPSA) is 121 Å². The van der Waals surface area contributed by atoms with E-state index in [-0.39, 0.29) is 13.0 Å². The number of rotatable bonds is 3. The SMILES string of the molecule is CCOC(=O)/C=C1\CCC([Si](C)(C)C)=CC2=C(C)CC(C#N)(C#N)C(C#N)(C#N)C21. The Balaban J connectivity index is 2.93. The maximum absolute atomic E-state index is 12.3. The summed E-state index contributed by atoms with van der Waals surface area (Å²) in [6.45, 7) is 10.4. The van der Waals surface area contributed by atoms with Gasteiger partial charge in [0, 0.05) is 18.4 Å². The fourth-order valence-corrected chi connectivity index (χ4v) is 5.90. The zero-order chi connectivity index (χ0) is 22.7. The largest absolute Gasteiger partial charge is 0.463 e. The van der Waals surface area contributed by atoms with Gasteiger partial charge >= 0.3 is 5.97 Å². The van der Waals surface area contributed by atoms with Crippen molar-refractivity contribution in [1.82, 2.24) is 0 Å². The number of hydrogen-bond donors (Lipinski definition) is 0. The van der Waals surface area contributed by atoms with E-state index in [2.05, 4.69) is 25.7 Å². The Labute approximate surface area is 179 Å². The van der Waals surface area contributed by atoms with Crippen molar-refractivity contribution >= 4 is 14.0 Å². The van der Waals surface area contributed by atoms with Crippen molar-refractivity contribution in [2.75, 3.05) is 6.61 Å². The molecular formula is C23H26N4O2Si. The van der Waals surface area contributed by atoms with Crippen molar-refractivity contribution in [3.05, 3.63) is 34.1 Å². The summed E-state index contributed by atoms with van der Waals surface area (Å²) in [6.07, 6.45) is 4.62. The Morgan fingerprint density at radius 2 is 1.77 bits per heavy atom. The van der Waals surface area contributed by atoms with E-state index in [1.165, 1.54) is 11.3 Å². The van der Waals surface area contributed by atoms with E-state index < -0.39 is 30.8 Å². The van der Waals surface area contributed by atoms with Gasteiger partial charge in [0.25, 0.3) is 0 Å². The molecule has 0 N–H and O–H groups in total. The first-order valence-electron chi connectivity index (χ1n) is 9.98. The van der Waals surface area contributed by atoms with Gasteiger partial charge < -0.3 is 4.74 Å². The first kappa shape index (κ1) is 23.1. The molecule has 0 saturated heterocycles. The Morgan fingerprint density at radius 1 is 1.17 bits per heavy atom. The van der Waals surface area contributed by atoms with Gasteiger partial charge in [-0.2, -0.15) is 21.0 Å². The van der Waals surface area contributed by atoms with Crippen molar-refractivity contribution < 1.29 is 9.53 Å². The summed E-state index contributed by atoms with van der Waals surface area (Å²) in [6, 6.07) is 8.07. The van der Waals surface area contributed by atoms with Gasteiger partial charge in [-0.25, -0.2) is 4.79 Å². The smallest absolute Gasteiger partial charge is 0.330 e. The highest BCUT2D eigenvalue weighted by Gasteiger charge is 2.63. The summed E-state index contributed by atoms with van der Waals surface area (Å²) in [4.78, 5) is 12.3. The number of allylic oxidation sites excluding steroid dienone is 5. The van der Waals surface area contributed by atoms with E-state index in [1.807, 2.05) is 31.2 Å². The molecule has 0 aliphatic heterocycles. The van der Waals surface area contributed by atoms with E-state index in [4.69, 9.17) is 4.74 Å². The lowest BCUT2D eigenvalue weighted by Gasteiger charge is -2.43. The van der Waals surface area contributed by atoms with E-state index >= 15 is 0 Å². The number of carbonyl (C=O) groups is 1. The fourth-order valence-electron chi connectivity index (χ4n) is 4.44. The number of hydrogen-bond acceptors (Lipinski definition) is 6. The second kappa shape index (κ2) is 8.31. The second-order valence-electron chi connectivity index (χ2n) is 8.90. The quantitative estimate of drug-likeness (QED) is 0.378. The van der Waals surface area contributed by atoms with Gasteiger partial charge in [0.15, 0.2) is 10.8 Å². The summed E-state index contributed by atoms with van der Waals surface area (Å²) >= 11 is 0. The Kier molecular flexibility index (Phi) is 6.41. The predicted octanol–water partition coefficient (Wildman–Crippen LogP) is 4.48. The van der Waals surface area contributed by atoms with Gasteiger partial charge in [0.2, 0.25) is 0 Å². The van der Waals surface area contributed by atoms with Crippen LogP contribution in [0.5, 0.6) is 0 Å². The zero-order valence-electron chi connectivity index (χ0n) is 18.2. The number of esters is 1.